The Balaban J connectivity index is 3.36. The molecule has 0 aromatic rings. The van der Waals surface area contributed by atoms with Crippen LogP contribution in [0.15, 0.2) is 0 Å². The largest absolute Gasteiger partial charge is 0.403 e. The standard InChI is InChI=1S/C10H14F4O4/c11-9(12)17-7(15)5-3-1-2-4-6-8(16)18-10(13)14/h9-10H,1-6H2. The van der Waals surface area contributed by atoms with Crippen LogP contribution < -0.4 is 0 Å². The molecule has 0 amide bonds. The second kappa shape index (κ2) is 9.67. The summed E-state index contributed by atoms with van der Waals surface area (Å²) in [5.74, 6) is -1.97. The quantitative estimate of drug-likeness (QED) is 0.368. The zero-order valence-corrected chi connectivity index (χ0v) is 9.54. The minimum atomic E-state index is -3.11. The molecule has 0 atom stereocenters. The predicted octanol–water partition coefficient (Wildman–Crippen LogP) is 2.86. The van der Waals surface area contributed by atoms with Crippen LogP contribution in [0, 0.1) is 0 Å². The molecule has 0 N–H and O–H groups in total. The number of hydrogen-bond acceptors (Lipinski definition) is 4. The molecule has 0 aliphatic heterocycles. The van der Waals surface area contributed by atoms with Crippen LogP contribution in [0.4, 0.5) is 17.6 Å². The molecule has 0 aromatic carbocycles. The van der Waals surface area contributed by atoms with Gasteiger partial charge in [0.2, 0.25) is 0 Å². The van der Waals surface area contributed by atoms with E-state index < -0.39 is 25.2 Å². The summed E-state index contributed by atoms with van der Waals surface area (Å²) in [5.41, 5.74) is 0. The van der Waals surface area contributed by atoms with Crippen molar-refractivity contribution in [3.63, 3.8) is 0 Å². The Hall–Kier alpha value is -1.34. The van der Waals surface area contributed by atoms with E-state index in [1.54, 1.807) is 0 Å². The Kier molecular flexibility index (Phi) is 8.95. The number of esters is 2. The molecule has 0 radical (unpaired) electrons. The van der Waals surface area contributed by atoms with Gasteiger partial charge in [0.25, 0.3) is 0 Å². The summed E-state index contributed by atoms with van der Waals surface area (Å²) in [6.45, 7) is -6.22. The zero-order chi connectivity index (χ0) is 14.0. The highest BCUT2D eigenvalue weighted by atomic mass is 19.3. The third kappa shape index (κ3) is 11.2. The smallest absolute Gasteiger partial charge is 0.389 e. The summed E-state index contributed by atoms with van der Waals surface area (Å²) in [5, 5.41) is 0. The molecule has 0 heterocycles. The Morgan fingerprint density at radius 3 is 1.33 bits per heavy atom. The van der Waals surface area contributed by atoms with Crippen molar-refractivity contribution in [3.8, 4) is 0 Å². The number of carbonyl (C=O) groups excluding carboxylic acids is 2. The van der Waals surface area contributed by atoms with Gasteiger partial charge >= 0.3 is 25.2 Å². The van der Waals surface area contributed by atoms with Crippen molar-refractivity contribution in [2.45, 2.75) is 51.7 Å². The van der Waals surface area contributed by atoms with E-state index in [0.717, 1.165) is 0 Å². The van der Waals surface area contributed by atoms with E-state index in [9.17, 15) is 27.2 Å². The van der Waals surface area contributed by atoms with Crippen LogP contribution in [-0.2, 0) is 19.1 Å². The first kappa shape index (κ1) is 16.7. The lowest BCUT2D eigenvalue weighted by atomic mass is 10.1. The highest BCUT2D eigenvalue weighted by molar-refractivity contribution is 5.69. The minimum Gasteiger partial charge on any atom is -0.403 e. The lowest BCUT2D eigenvalue weighted by Crippen LogP contribution is -2.09. The van der Waals surface area contributed by atoms with Crippen LogP contribution in [0.2, 0.25) is 0 Å². The molecule has 0 saturated heterocycles. The summed E-state index contributed by atoms with van der Waals surface area (Å²) in [7, 11) is 0. The van der Waals surface area contributed by atoms with E-state index in [4.69, 9.17) is 0 Å². The van der Waals surface area contributed by atoms with E-state index in [2.05, 4.69) is 9.47 Å². The van der Waals surface area contributed by atoms with Gasteiger partial charge in [0.1, 0.15) is 0 Å². The lowest BCUT2D eigenvalue weighted by Gasteiger charge is -2.03. The summed E-state index contributed by atoms with van der Waals surface area (Å²) in [4.78, 5) is 21.3. The molecule has 0 saturated carbocycles. The Morgan fingerprint density at radius 2 is 1.06 bits per heavy atom. The molecule has 106 valence electrons. The number of halogens is 4. The van der Waals surface area contributed by atoms with Gasteiger partial charge in [-0.2, -0.15) is 17.6 Å². The fourth-order valence-corrected chi connectivity index (χ4v) is 1.21. The first-order chi connectivity index (χ1) is 8.41. The molecule has 8 heteroatoms. The number of hydrogen-bond donors (Lipinski definition) is 0. The van der Waals surface area contributed by atoms with E-state index in [-0.39, 0.29) is 12.8 Å². The van der Waals surface area contributed by atoms with Crippen LogP contribution in [0.25, 0.3) is 0 Å². The molecular weight excluding hydrogens is 260 g/mol. The van der Waals surface area contributed by atoms with Gasteiger partial charge in [0, 0.05) is 12.8 Å². The molecule has 0 fully saturated rings. The van der Waals surface area contributed by atoms with Crippen molar-refractivity contribution in [2.24, 2.45) is 0 Å². The summed E-state index contributed by atoms with van der Waals surface area (Å²) < 4.78 is 53.4. The molecular formula is C10H14F4O4. The number of carbonyl (C=O) groups is 2. The SMILES string of the molecule is O=C(CCCCCCC(=O)OC(F)F)OC(F)F. The number of unbranched alkanes of at least 4 members (excludes halogenated alkanes) is 3. The molecule has 0 unspecified atom stereocenters. The topological polar surface area (TPSA) is 52.6 Å². The maximum Gasteiger partial charge on any atom is 0.389 e. The van der Waals surface area contributed by atoms with Gasteiger partial charge in [0.15, 0.2) is 0 Å². The fraction of sp³-hybridized carbons (Fsp3) is 0.800. The van der Waals surface area contributed by atoms with Crippen molar-refractivity contribution < 1.29 is 36.6 Å². The fourth-order valence-electron chi connectivity index (χ4n) is 1.21. The van der Waals surface area contributed by atoms with Gasteiger partial charge in [-0.25, -0.2) is 0 Å². The third-order valence-electron chi connectivity index (χ3n) is 1.95. The van der Waals surface area contributed by atoms with Gasteiger partial charge in [0.05, 0.1) is 0 Å². The highest BCUT2D eigenvalue weighted by Gasteiger charge is 2.11. The third-order valence-corrected chi connectivity index (χ3v) is 1.95. The van der Waals surface area contributed by atoms with E-state index >= 15 is 0 Å². The average Bonchev–Trinajstić information content (AvgIpc) is 2.20. The number of ether oxygens (including phenoxy) is 2. The maximum atomic E-state index is 11.6. The van der Waals surface area contributed by atoms with Crippen molar-refractivity contribution >= 4 is 11.9 Å². The van der Waals surface area contributed by atoms with Gasteiger partial charge in [-0.3, -0.25) is 9.59 Å². The summed E-state index contributed by atoms with van der Waals surface area (Å²) in [6.07, 6.45) is 1.45. The molecule has 0 bridgehead atoms. The van der Waals surface area contributed by atoms with Crippen molar-refractivity contribution in [1.29, 1.82) is 0 Å². The van der Waals surface area contributed by atoms with E-state index in [1.807, 2.05) is 0 Å². The summed E-state index contributed by atoms with van der Waals surface area (Å²) >= 11 is 0. The maximum absolute atomic E-state index is 11.6. The van der Waals surface area contributed by atoms with E-state index in [1.165, 1.54) is 0 Å². The molecule has 18 heavy (non-hydrogen) atoms. The highest BCUT2D eigenvalue weighted by Crippen LogP contribution is 2.09. The molecule has 0 spiro atoms. The van der Waals surface area contributed by atoms with Crippen molar-refractivity contribution in [1.82, 2.24) is 0 Å². The minimum absolute atomic E-state index is 0.133. The second-order valence-electron chi connectivity index (χ2n) is 3.42. The van der Waals surface area contributed by atoms with Crippen LogP contribution in [-0.4, -0.2) is 25.2 Å². The first-order valence-electron chi connectivity index (χ1n) is 5.37. The molecule has 4 nitrogen and oxygen atoms in total. The number of alkyl halides is 4. The first-order valence-corrected chi connectivity index (χ1v) is 5.37. The van der Waals surface area contributed by atoms with Gasteiger partial charge in [-0.1, -0.05) is 12.8 Å². The zero-order valence-electron chi connectivity index (χ0n) is 9.54. The van der Waals surface area contributed by atoms with E-state index in [0.29, 0.717) is 25.7 Å². The second-order valence-corrected chi connectivity index (χ2v) is 3.42. The lowest BCUT2D eigenvalue weighted by molar-refractivity contribution is -0.177. The monoisotopic (exact) mass is 274 g/mol. The Labute approximate surface area is 101 Å². The Bertz CT molecular complexity index is 232. The summed E-state index contributed by atoms with van der Waals surface area (Å²) in [6, 6.07) is 0. The van der Waals surface area contributed by atoms with Gasteiger partial charge in [-0.05, 0) is 12.8 Å². The molecule has 0 rings (SSSR count). The average molecular weight is 274 g/mol. The molecule has 0 aromatic heterocycles. The Morgan fingerprint density at radius 1 is 0.722 bits per heavy atom. The van der Waals surface area contributed by atoms with Gasteiger partial charge < -0.3 is 9.47 Å². The van der Waals surface area contributed by atoms with Crippen molar-refractivity contribution in [2.75, 3.05) is 0 Å². The van der Waals surface area contributed by atoms with Crippen LogP contribution in [0.1, 0.15) is 38.5 Å². The predicted molar refractivity (Wildman–Crippen MR) is 51.9 cm³/mol. The van der Waals surface area contributed by atoms with Crippen LogP contribution in [0.3, 0.4) is 0 Å². The normalized spacial score (nSPS) is 10.8. The molecule has 0 aliphatic carbocycles. The molecule has 0 aliphatic rings. The van der Waals surface area contributed by atoms with Crippen LogP contribution >= 0.6 is 0 Å². The van der Waals surface area contributed by atoms with Gasteiger partial charge in [-0.15, -0.1) is 0 Å². The number of rotatable bonds is 9. The van der Waals surface area contributed by atoms with Crippen molar-refractivity contribution in [3.05, 3.63) is 0 Å². The van der Waals surface area contributed by atoms with Crippen LogP contribution in [0.5, 0.6) is 0 Å².